The van der Waals surface area contributed by atoms with Crippen LogP contribution in [0.2, 0.25) is 0 Å². The zero-order valence-electron chi connectivity index (χ0n) is 19.8. The molecule has 0 spiro atoms. The first-order chi connectivity index (χ1) is 16.5. The number of nitrogens with zero attached hydrogens (tertiary/aromatic N) is 3. The van der Waals surface area contributed by atoms with Gasteiger partial charge >= 0.3 is 0 Å². The zero-order chi connectivity index (χ0) is 23.8. The molecule has 5 nitrogen and oxygen atoms in total. The molecule has 1 aliphatic heterocycles. The largest absolute Gasteiger partial charge is 0.497 e. The van der Waals surface area contributed by atoms with Crippen LogP contribution in [0.4, 0.5) is 5.69 Å². The van der Waals surface area contributed by atoms with E-state index in [0.717, 1.165) is 22.8 Å². The Kier molecular flexibility index (Phi) is 5.84. The highest BCUT2D eigenvalue weighted by atomic mass is 32.1. The van der Waals surface area contributed by atoms with Gasteiger partial charge in [0.15, 0.2) is 5.11 Å². The van der Waals surface area contributed by atoms with Crippen LogP contribution in [0.3, 0.4) is 0 Å². The van der Waals surface area contributed by atoms with Gasteiger partial charge in [0, 0.05) is 29.0 Å². The Bertz CT molecular complexity index is 1330. The van der Waals surface area contributed by atoms with Gasteiger partial charge in [0.05, 0.1) is 24.9 Å². The molecule has 0 amide bonds. The maximum atomic E-state index is 5.89. The summed E-state index contributed by atoms with van der Waals surface area (Å²) in [5.74, 6) is 0.845. The van der Waals surface area contributed by atoms with E-state index in [9.17, 15) is 0 Å². The Morgan fingerprint density at radius 3 is 2.38 bits per heavy atom. The van der Waals surface area contributed by atoms with Crippen molar-refractivity contribution in [1.82, 2.24) is 14.9 Å². The molecule has 6 heteroatoms. The Balaban J connectivity index is 1.66. The van der Waals surface area contributed by atoms with Crippen molar-refractivity contribution in [2.75, 3.05) is 12.0 Å². The summed E-state index contributed by atoms with van der Waals surface area (Å²) in [6.45, 7) is 6.43. The molecular formula is C28H28N4OS. The highest BCUT2D eigenvalue weighted by Gasteiger charge is 2.42. The quantitative estimate of drug-likeness (QED) is 0.365. The highest BCUT2D eigenvalue weighted by molar-refractivity contribution is 7.80. The second-order valence-electron chi connectivity index (χ2n) is 8.70. The standard InChI is InChI=1S/C28H28N4OS/c1-18-8-7-9-22(16-18)32-27(26(30-28(32)34)25-10-5-6-15-29-25)24-17-19(2)31(20(24)3)21-11-13-23(33-4)14-12-21/h5-17,26-27H,1-4H3,(H,30,34)/t26-,27+/m1/s1. The van der Waals surface area contributed by atoms with Gasteiger partial charge in [0.25, 0.3) is 0 Å². The minimum Gasteiger partial charge on any atom is -0.497 e. The number of aryl methyl sites for hydroxylation is 2. The monoisotopic (exact) mass is 468 g/mol. The lowest BCUT2D eigenvalue weighted by molar-refractivity contribution is 0.414. The number of anilines is 1. The fraction of sp³-hybridized carbons (Fsp3) is 0.214. The molecule has 0 aliphatic carbocycles. The average molecular weight is 469 g/mol. The summed E-state index contributed by atoms with van der Waals surface area (Å²) in [7, 11) is 1.69. The van der Waals surface area contributed by atoms with Crippen LogP contribution in [0.15, 0.2) is 79.0 Å². The second-order valence-corrected chi connectivity index (χ2v) is 9.08. The van der Waals surface area contributed by atoms with Crippen molar-refractivity contribution in [3.63, 3.8) is 0 Å². The SMILES string of the molecule is COc1ccc(-n2c(C)cc([C@H]3[C@@H](c4ccccn4)NC(=S)N3c3cccc(C)c3)c2C)cc1. The van der Waals surface area contributed by atoms with Crippen LogP contribution < -0.4 is 15.0 Å². The van der Waals surface area contributed by atoms with Crippen LogP contribution in [0, 0.1) is 20.8 Å². The molecule has 34 heavy (non-hydrogen) atoms. The number of thiocarbonyl (C=S) groups is 1. The van der Waals surface area contributed by atoms with E-state index in [0.29, 0.717) is 5.11 Å². The predicted molar refractivity (Wildman–Crippen MR) is 141 cm³/mol. The van der Waals surface area contributed by atoms with Gasteiger partial charge in [-0.25, -0.2) is 0 Å². The number of methoxy groups -OCH3 is 1. The summed E-state index contributed by atoms with van der Waals surface area (Å²) in [5.41, 5.74) is 7.92. The summed E-state index contributed by atoms with van der Waals surface area (Å²) in [6.07, 6.45) is 1.84. The molecule has 2 atom stereocenters. The Morgan fingerprint density at radius 2 is 1.71 bits per heavy atom. The number of pyridine rings is 1. The van der Waals surface area contributed by atoms with E-state index >= 15 is 0 Å². The topological polar surface area (TPSA) is 42.3 Å². The van der Waals surface area contributed by atoms with E-state index in [4.69, 9.17) is 17.0 Å². The van der Waals surface area contributed by atoms with Crippen LogP contribution in [0.5, 0.6) is 5.75 Å². The average Bonchev–Trinajstić information content (AvgIpc) is 3.35. The van der Waals surface area contributed by atoms with E-state index in [-0.39, 0.29) is 12.1 Å². The van der Waals surface area contributed by atoms with Crippen molar-refractivity contribution in [2.45, 2.75) is 32.9 Å². The van der Waals surface area contributed by atoms with E-state index in [1.807, 2.05) is 30.5 Å². The number of ether oxygens (including phenoxy) is 1. The minimum atomic E-state index is -0.0703. The van der Waals surface area contributed by atoms with Crippen LogP contribution in [0.1, 0.15) is 40.3 Å². The molecule has 3 heterocycles. The van der Waals surface area contributed by atoms with Gasteiger partial charge in [-0.05, 0) is 98.7 Å². The molecule has 0 unspecified atom stereocenters. The van der Waals surface area contributed by atoms with Crippen molar-refractivity contribution in [2.24, 2.45) is 0 Å². The van der Waals surface area contributed by atoms with Crippen molar-refractivity contribution >= 4 is 23.0 Å². The first-order valence-corrected chi connectivity index (χ1v) is 11.8. The van der Waals surface area contributed by atoms with Crippen molar-refractivity contribution in [3.8, 4) is 11.4 Å². The van der Waals surface area contributed by atoms with Gasteiger partial charge in [-0.2, -0.15) is 0 Å². The Labute approximate surface area is 206 Å². The minimum absolute atomic E-state index is 0.0394. The third kappa shape index (κ3) is 3.84. The van der Waals surface area contributed by atoms with Crippen LogP contribution >= 0.6 is 12.2 Å². The Morgan fingerprint density at radius 1 is 0.912 bits per heavy atom. The number of nitrogens with one attached hydrogen (secondary N) is 1. The molecule has 1 N–H and O–H groups in total. The number of hydrogen-bond acceptors (Lipinski definition) is 3. The third-order valence-corrected chi connectivity index (χ3v) is 6.81. The molecule has 5 rings (SSSR count). The normalized spacial score (nSPS) is 17.6. The van der Waals surface area contributed by atoms with E-state index in [2.05, 4.69) is 89.1 Å². The summed E-state index contributed by atoms with van der Waals surface area (Å²) >= 11 is 5.89. The maximum absolute atomic E-state index is 5.89. The summed E-state index contributed by atoms with van der Waals surface area (Å²) < 4.78 is 7.65. The van der Waals surface area contributed by atoms with E-state index in [1.54, 1.807) is 7.11 Å². The molecule has 0 saturated carbocycles. The summed E-state index contributed by atoms with van der Waals surface area (Å²) in [6, 6.07) is 24.9. The number of rotatable bonds is 5. The van der Waals surface area contributed by atoms with Gasteiger partial charge < -0.3 is 19.5 Å². The maximum Gasteiger partial charge on any atom is 0.174 e. The van der Waals surface area contributed by atoms with Gasteiger partial charge in [0.2, 0.25) is 0 Å². The van der Waals surface area contributed by atoms with Crippen LogP contribution in [0.25, 0.3) is 5.69 Å². The fourth-order valence-electron chi connectivity index (χ4n) is 4.94. The molecule has 1 saturated heterocycles. The first-order valence-electron chi connectivity index (χ1n) is 11.4. The third-order valence-electron chi connectivity index (χ3n) is 6.50. The van der Waals surface area contributed by atoms with Crippen molar-refractivity contribution in [1.29, 1.82) is 0 Å². The van der Waals surface area contributed by atoms with Gasteiger partial charge in [-0.1, -0.05) is 18.2 Å². The molecule has 2 aromatic heterocycles. The molecule has 2 aromatic carbocycles. The lowest BCUT2D eigenvalue weighted by Crippen LogP contribution is -2.29. The molecule has 172 valence electrons. The fourth-order valence-corrected chi connectivity index (χ4v) is 5.29. The van der Waals surface area contributed by atoms with Gasteiger partial charge in [0.1, 0.15) is 5.75 Å². The number of benzene rings is 2. The van der Waals surface area contributed by atoms with Gasteiger partial charge in [-0.15, -0.1) is 0 Å². The lowest BCUT2D eigenvalue weighted by atomic mass is 9.96. The summed E-state index contributed by atoms with van der Waals surface area (Å²) in [5, 5.41) is 4.28. The molecule has 4 aromatic rings. The zero-order valence-corrected chi connectivity index (χ0v) is 20.6. The molecule has 0 radical (unpaired) electrons. The number of hydrogen-bond donors (Lipinski definition) is 1. The van der Waals surface area contributed by atoms with E-state index in [1.165, 1.54) is 22.5 Å². The van der Waals surface area contributed by atoms with Crippen molar-refractivity contribution in [3.05, 3.63) is 107 Å². The number of aromatic nitrogens is 2. The smallest absolute Gasteiger partial charge is 0.174 e. The summed E-state index contributed by atoms with van der Waals surface area (Å²) in [4.78, 5) is 6.92. The van der Waals surface area contributed by atoms with Gasteiger partial charge in [-0.3, -0.25) is 4.98 Å². The second kappa shape index (κ2) is 8.95. The molecule has 1 aliphatic rings. The molecule has 0 bridgehead atoms. The first kappa shape index (κ1) is 22.2. The molecular weight excluding hydrogens is 440 g/mol. The van der Waals surface area contributed by atoms with Crippen LogP contribution in [-0.4, -0.2) is 21.8 Å². The Hall–Kier alpha value is -3.64. The van der Waals surface area contributed by atoms with E-state index < -0.39 is 0 Å². The highest BCUT2D eigenvalue weighted by Crippen LogP contribution is 2.43. The van der Waals surface area contributed by atoms with Crippen LogP contribution in [-0.2, 0) is 0 Å². The molecule has 1 fully saturated rings. The lowest BCUT2D eigenvalue weighted by Gasteiger charge is -2.28. The predicted octanol–water partition coefficient (Wildman–Crippen LogP) is 5.98. The van der Waals surface area contributed by atoms with Crippen molar-refractivity contribution < 1.29 is 4.74 Å².